The van der Waals surface area contributed by atoms with Crippen LogP contribution >= 0.6 is 11.3 Å². The molecular weight excluding hydrogens is 414 g/mol. The molecule has 1 aromatic carbocycles. The molecule has 2 heterocycles. The fraction of sp³-hybridized carbons (Fsp3) is 0.368. The lowest BCUT2D eigenvalue weighted by molar-refractivity contribution is 0.0600. The molecule has 1 aliphatic heterocycles. The van der Waals surface area contributed by atoms with Crippen LogP contribution < -0.4 is 5.32 Å². The number of sulfonamides is 1. The first-order valence-electron chi connectivity index (χ1n) is 8.90. The number of likely N-dealkylation sites (N-methyl/N-ethyl adjacent to an activating group) is 1. The van der Waals surface area contributed by atoms with Crippen LogP contribution in [0.1, 0.15) is 31.2 Å². The fourth-order valence-corrected chi connectivity index (χ4v) is 5.31. The average Bonchev–Trinajstić information content (AvgIpc) is 3.04. The second kappa shape index (κ2) is 8.23. The van der Waals surface area contributed by atoms with Gasteiger partial charge in [0.15, 0.2) is 0 Å². The summed E-state index contributed by atoms with van der Waals surface area (Å²) >= 11 is 1.37. The Bertz CT molecular complexity index is 1040. The molecule has 0 atom stereocenters. The second-order valence-corrected chi connectivity index (χ2v) is 10.2. The topological polar surface area (TPSA) is 96.0 Å². The maximum atomic E-state index is 12.7. The number of carbonyl (C=O) groups excluding carboxylic acids is 2. The molecule has 0 saturated heterocycles. The van der Waals surface area contributed by atoms with Gasteiger partial charge >= 0.3 is 5.97 Å². The van der Waals surface area contributed by atoms with E-state index >= 15 is 0 Å². The van der Waals surface area contributed by atoms with Crippen LogP contribution in [-0.2, 0) is 27.7 Å². The molecule has 29 heavy (non-hydrogen) atoms. The van der Waals surface area contributed by atoms with Crippen molar-refractivity contribution in [2.45, 2.75) is 17.9 Å². The van der Waals surface area contributed by atoms with Crippen molar-refractivity contribution >= 4 is 38.2 Å². The van der Waals surface area contributed by atoms with Gasteiger partial charge in [0.05, 0.1) is 17.6 Å². The summed E-state index contributed by atoms with van der Waals surface area (Å²) in [6, 6.07) is 5.68. The number of ether oxygens (including phenoxy) is 1. The number of thiophene rings is 1. The maximum Gasteiger partial charge on any atom is 0.341 e. The number of anilines is 1. The molecule has 10 heteroatoms. The number of fused-ring (bicyclic) bond motifs is 1. The van der Waals surface area contributed by atoms with Gasteiger partial charge in [-0.1, -0.05) is 0 Å². The molecule has 1 aromatic heterocycles. The third kappa shape index (κ3) is 4.20. The molecule has 1 aliphatic rings. The molecule has 0 saturated carbocycles. The minimum atomic E-state index is -3.57. The summed E-state index contributed by atoms with van der Waals surface area (Å²) in [7, 11) is 2.64. The van der Waals surface area contributed by atoms with E-state index in [-0.39, 0.29) is 4.90 Å². The number of carbonyl (C=O) groups is 2. The van der Waals surface area contributed by atoms with E-state index < -0.39 is 21.9 Å². The predicted molar refractivity (Wildman–Crippen MR) is 111 cm³/mol. The monoisotopic (exact) mass is 437 g/mol. The van der Waals surface area contributed by atoms with E-state index in [2.05, 4.69) is 10.2 Å². The fourth-order valence-electron chi connectivity index (χ4n) is 3.10. The van der Waals surface area contributed by atoms with Crippen LogP contribution in [0.5, 0.6) is 0 Å². The van der Waals surface area contributed by atoms with Gasteiger partial charge in [-0.25, -0.2) is 17.5 Å². The number of amides is 1. The first-order chi connectivity index (χ1) is 13.6. The van der Waals surface area contributed by atoms with Gasteiger partial charge in [0, 0.05) is 37.6 Å². The minimum absolute atomic E-state index is 0.101. The van der Waals surface area contributed by atoms with Gasteiger partial charge < -0.3 is 15.0 Å². The van der Waals surface area contributed by atoms with Crippen molar-refractivity contribution < 1.29 is 22.7 Å². The lowest BCUT2D eigenvalue weighted by Gasteiger charge is -2.22. The highest BCUT2D eigenvalue weighted by atomic mass is 32.2. The van der Waals surface area contributed by atoms with Crippen LogP contribution in [0.15, 0.2) is 29.2 Å². The smallest absolute Gasteiger partial charge is 0.341 e. The van der Waals surface area contributed by atoms with Crippen LogP contribution in [0.2, 0.25) is 0 Å². The van der Waals surface area contributed by atoms with Crippen molar-refractivity contribution in [3.05, 3.63) is 45.8 Å². The molecule has 0 radical (unpaired) electrons. The van der Waals surface area contributed by atoms with E-state index in [0.717, 1.165) is 21.3 Å². The third-order valence-electron chi connectivity index (χ3n) is 4.76. The zero-order chi connectivity index (χ0) is 21.3. The van der Waals surface area contributed by atoms with Crippen LogP contribution in [0.3, 0.4) is 0 Å². The molecule has 0 unspecified atom stereocenters. The maximum absolute atomic E-state index is 12.7. The quantitative estimate of drug-likeness (QED) is 0.719. The summed E-state index contributed by atoms with van der Waals surface area (Å²) in [5.41, 5.74) is 1.62. The van der Waals surface area contributed by atoms with Gasteiger partial charge in [-0.3, -0.25) is 4.79 Å². The zero-order valence-corrected chi connectivity index (χ0v) is 18.3. The van der Waals surface area contributed by atoms with Crippen LogP contribution in [0.25, 0.3) is 0 Å². The van der Waals surface area contributed by atoms with Gasteiger partial charge in [0.1, 0.15) is 5.00 Å². The lowest BCUT2D eigenvalue weighted by atomic mass is 10.0. The summed E-state index contributed by atoms with van der Waals surface area (Å²) < 4.78 is 30.4. The Morgan fingerprint density at radius 3 is 2.45 bits per heavy atom. The van der Waals surface area contributed by atoms with Crippen molar-refractivity contribution in [2.75, 3.05) is 40.1 Å². The van der Waals surface area contributed by atoms with Crippen molar-refractivity contribution in [2.24, 2.45) is 0 Å². The van der Waals surface area contributed by atoms with E-state index in [1.165, 1.54) is 56.8 Å². The molecule has 0 aliphatic carbocycles. The Balaban J connectivity index is 1.88. The van der Waals surface area contributed by atoms with E-state index in [0.29, 0.717) is 29.1 Å². The number of nitrogens with one attached hydrogen (secondary N) is 1. The Morgan fingerprint density at radius 1 is 1.21 bits per heavy atom. The minimum Gasteiger partial charge on any atom is -0.465 e. The van der Waals surface area contributed by atoms with Gasteiger partial charge in [-0.15, -0.1) is 11.3 Å². The number of rotatable bonds is 5. The first-order valence-corrected chi connectivity index (χ1v) is 11.2. The van der Waals surface area contributed by atoms with Crippen LogP contribution in [0, 0.1) is 0 Å². The van der Waals surface area contributed by atoms with E-state index in [9.17, 15) is 18.0 Å². The van der Waals surface area contributed by atoms with Gasteiger partial charge in [0.2, 0.25) is 10.0 Å². The van der Waals surface area contributed by atoms with Crippen LogP contribution in [0.4, 0.5) is 5.00 Å². The first kappa shape index (κ1) is 21.4. The highest BCUT2D eigenvalue weighted by Gasteiger charge is 2.28. The number of esters is 1. The molecule has 0 bridgehead atoms. The Morgan fingerprint density at radius 2 is 1.86 bits per heavy atom. The Hall–Kier alpha value is -2.27. The van der Waals surface area contributed by atoms with Crippen molar-refractivity contribution in [3.63, 3.8) is 0 Å². The Kier molecular flexibility index (Phi) is 6.08. The molecule has 2 aromatic rings. The SMILES string of the molecule is COC(=O)c1c(NC(=O)c2ccc(S(=O)(=O)N(C)C)cc2)sc2c1CCN(C)C2. The number of methoxy groups -OCH3 is 1. The van der Waals surface area contributed by atoms with E-state index in [4.69, 9.17) is 4.74 Å². The molecule has 3 rings (SSSR count). The van der Waals surface area contributed by atoms with E-state index in [1.54, 1.807) is 0 Å². The molecule has 0 fully saturated rings. The molecule has 8 nitrogen and oxygen atoms in total. The van der Waals surface area contributed by atoms with Gasteiger partial charge in [0.25, 0.3) is 5.91 Å². The van der Waals surface area contributed by atoms with Crippen molar-refractivity contribution in [1.82, 2.24) is 9.21 Å². The summed E-state index contributed by atoms with van der Waals surface area (Å²) in [5.74, 6) is -0.898. The summed E-state index contributed by atoms with van der Waals surface area (Å²) in [6.07, 6.45) is 0.708. The molecule has 1 amide bonds. The summed E-state index contributed by atoms with van der Waals surface area (Å²) in [4.78, 5) is 28.3. The van der Waals surface area contributed by atoms with Gasteiger partial charge in [-0.2, -0.15) is 0 Å². The molecular formula is C19H23N3O5S2. The average molecular weight is 438 g/mol. The zero-order valence-electron chi connectivity index (χ0n) is 16.7. The predicted octanol–water partition coefficient (Wildman–Crippen LogP) is 2.03. The Labute approximate surface area is 174 Å². The largest absolute Gasteiger partial charge is 0.465 e. The second-order valence-electron chi connectivity index (χ2n) is 6.95. The number of nitrogens with zero attached hydrogens (tertiary/aromatic N) is 2. The molecule has 0 spiro atoms. The standard InChI is InChI=1S/C19H23N3O5S2/c1-21(2)29(25,26)13-7-5-12(6-8-13)17(23)20-18-16(19(24)27-4)14-9-10-22(3)11-15(14)28-18/h5-8H,9-11H2,1-4H3,(H,20,23). The van der Waals surface area contributed by atoms with Gasteiger partial charge in [-0.05, 0) is 43.3 Å². The van der Waals surface area contributed by atoms with E-state index in [1.807, 2.05) is 7.05 Å². The molecule has 156 valence electrons. The molecule has 1 N–H and O–H groups in total. The highest BCUT2D eigenvalue weighted by Crippen LogP contribution is 2.37. The van der Waals surface area contributed by atoms with Crippen molar-refractivity contribution in [3.8, 4) is 0 Å². The van der Waals surface area contributed by atoms with Crippen molar-refractivity contribution in [1.29, 1.82) is 0 Å². The number of benzene rings is 1. The number of hydrogen-bond donors (Lipinski definition) is 1. The normalized spacial score (nSPS) is 14.5. The summed E-state index contributed by atoms with van der Waals surface area (Å²) in [6.45, 7) is 1.53. The number of hydrogen-bond acceptors (Lipinski definition) is 7. The summed E-state index contributed by atoms with van der Waals surface area (Å²) in [5, 5.41) is 3.25. The third-order valence-corrected chi connectivity index (χ3v) is 7.72. The lowest BCUT2D eigenvalue weighted by Crippen LogP contribution is -2.26. The highest BCUT2D eigenvalue weighted by molar-refractivity contribution is 7.89. The van der Waals surface area contributed by atoms with Crippen LogP contribution in [-0.4, -0.2) is 64.3 Å².